The van der Waals surface area contributed by atoms with Crippen LogP contribution in [-0.2, 0) is 4.74 Å². The van der Waals surface area contributed by atoms with Crippen LogP contribution in [0.2, 0.25) is 0 Å². The van der Waals surface area contributed by atoms with Crippen molar-refractivity contribution in [3.8, 4) is 0 Å². The Kier molecular flexibility index (Phi) is 7.23. The van der Waals surface area contributed by atoms with Crippen molar-refractivity contribution >= 4 is 0 Å². The van der Waals surface area contributed by atoms with Crippen LogP contribution in [0.15, 0.2) is 0 Å². The molecule has 2 N–H and O–H groups in total. The molecule has 3 nitrogen and oxygen atoms in total. The van der Waals surface area contributed by atoms with Crippen molar-refractivity contribution in [1.82, 2.24) is 5.32 Å². The monoisotopic (exact) mass is 189 g/mol. The number of aliphatic hydroxyl groups is 1. The van der Waals surface area contributed by atoms with Gasteiger partial charge in [-0.1, -0.05) is 6.92 Å². The first kappa shape index (κ1) is 12.9. The van der Waals surface area contributed by atoms with Crippen LogP contribution in [0.25, 0.3) is 0 Å². The van der Waals surface area contributed by atoms with E-state index in [4.69, 9.17) is 9.84 Å². The molecule has 0 spiro atoms. The summed E-state index contributed by atoms with van der Waals surface area (Å²) in [6.07, 6.45) is 0.583. The second-order valence-corrected chi connectivity index (χ2v) is 3.95. The number of rotatable bonds is 7. The molecule has 0 fully saturated rings. The molecule has 13 heavy (non-hydrogen) atoms. The minimum atomic E-state index is -0.222. The highest BCUT2D eigenvalue weighted by molar-refractivity contribution is 4.65. The van der Waals surface area contributed by atoms with Gasteiger partial charge in [-0.15, -0.1) is 0 Å². The van der Waals surface area contributed by atoms with Gasteiger partial charge in [-0.2, -0.15) is 0 Å². The van der Waals surface area contributed by atoms with Crippen LogP contribution in [0.5, 0.6) is 0 Å². The van der Waals surface area contributed by atoms with E-state index in [1.54, 1.807) is 7.11 Å². The molecule has 0 aromatic rings. The minimum absolute atomic E-state index is 0.222. The zero-order valence-electron chi connectivity index (χ0n) is 9.21. The highest BCUT2D eigenvalue weighted by Gasteiger charge is 2.07. The van der Waals surface area contributed by atoms with Crippen LogP contribution in [0.1, 0.15) is 27.2 Å². The molecule has 0 aliphatic heterocycles. The highest BCUT2D eigenvalue weighted by Crippen LogP contribution is 1.98. The molecule has 0 bridgehead atoms. The topological polar surface area (TPSA) is 41.5 Å². The quantitative estimate of drug-likeness (QED) is 0.628. The summed E-state index contributed by atoms with van der Waals surface area (Å²) in [4.78, 5) is 0. The van der Waals surface area contributed by atoms with E-state index in [9.17, 15) is 0 Å². The van der Waals surface area contributed by atoms with Gasteiger partial charge in [-0.25, -0.2) is 0 Å². The van der Waals surface area contributed by atoms with Crippen molar-refractivity contribution in [3.05, 3.63) is 0 Å². The van der Waals surface area contributed by atoms with E-state index in [1.807, 2.05) is 6.92 Å². The van der Waals surface area contributed by atoms with E-state index in [0.29, 0.717) is 12.0 Å². The Bertz CT molecular complexity index is 117. The standard InChI is InChI=1S/C10H23NO2/c1-8(7-13-4)6-11-9(2)5-10(3)12/h8-12H,5-7H2,1-4H3. The van der Waals surface area contributed by atoms with Crippen molar-refractivity contribution in [1.29, 1.82) is 0 Å². The molecule has 0 saturated heterocycles. The summed E-state index contributed by atoms with van der Waals surface area (Å²) < 4.78 is 5.03. The second-order valence-electron chi connectivity index (χ2n) is 3.95. The van der Waals surface area contributed by atoms with Gasteiger partial charge in [0.25, 0.3) is 0 Å². The third-order valence-electron chi connectivity index (χ3n) is 1.96. The first-order valence-corrected chi connectivity index (χ1v) is 4.96. The number of hydrogen-bond acceptors (Lipinski definition) is 3. The summed E-state index contributed by atoms with van der Waals surface area (Å²) >= 11 is 0. The van der Waals surface area contributed by atoms with Crippen LogP contribution in [0.4, 0.5) is 0 Å². The maximum absolute atomic E-state index is 9.13. The summed E-state index contributed by atoms with van der Waals surface area (Å²) in [5, 5.41) is 12.5. The zero-order chi connectivity index (χ0) is 10.3. The van der Waals surface area contributed by atoms with E-state index in [2.05, 4.69) is 19.2 Å². The molecule has 3 unspecified atom stereocenters. The van der Waals surface area contributed by atoms with Gasteiger partial charge in [0, 0.05) is 26.3 Å². The van der Waals surface area contributed by atoms with Gasteiger partial charge in [-0.3, -0.25) is 0 Å². The number of ether oxygens (including phenoxy) is 1. The molecule has 0 amide bonds. The largest absolute Gasteiger partial charge is 0.393 e. The summed E-state index contributed by atoms with van der Waals surface area (Å²) in [6.45, 7) is 7.78. The van der Waals surface area contributed by atoms with E-state index in [0.717, 1.165) is 19.6 Å². The van der Waals surface area contributed by atoms with Crippen LogP contribution in [-0.4, -0.2) is 37.5 Å². The Hall–Kier alpha value is -0.120. The first-order valence-electron chi connectivity index (χ1n) is 4.96. The van der Waals surface area contributed by atoms with Crippen molar-refractivity contribution in [2.75, 3.05) is 20.3 Å². The summed E-state index contributed by atoms with van der Waals surface area (Å²) in [5.74, 6) is 0.529. The molecular formula is C10H23NO2. The summed E-state index contributed by atoms with van der Waals surface area (Å²) in [6, 6.07) is 0.374. The molecule has 0 aliphatic rings. The van der Waals surface area contributed by atoms with E-state index >= 15 is 0 Å². The molecule has 0 radical (unpaired) electrons. The first-order chi connectivity index (χ1) is 6.06. The maximum atomic E-state index is 9.13. The molecule has 3 atom stereocenters. The Labute approximate surface area is 81.5 Å². The SMILES string of the molecule is COCC(C)CNC(C)CC(C)O. The zero-order valence-corrected chi connectivity index (χ0v) is 9.21. The molecule has 0 aliphatic carbocycles. The second kappa shape index (κ2) is 7.30. The van der Waals surface area contributed by atoms with Crippen molar-refractivity contribution in [3.63, 3.8) is 0 Å². The Morgan fingerprint density at radius 1 is 1.31 bits per heavy atom. The Balaban J connectivity index is 3.40. The van der Waals surface area contributed by atoms with Gasteiger partial charge in [-0.05, 0) is 26.2 Å². The van der Waals surface area contributed by atoms with Gasteiger partial charge < -0.3 is 15.2 Å². The lowest BCUT2D eigenvalue weighted by atomic mass is 10.1. The van der Waals surface area contributed by atoms with Crippen LogP contribution in [0, 0.1) is 5.92 Å². The van der Waals surface area contributed by atoms with Crippen molar-refractivity contribution in [2.24, 2.45) is 5.92 Å². The Morgan fingerprint density at radius 3 is 2.38 bits per heavy atom. The maximum Gasteiger partial charge on any atom is 0.0526 e. The third kappa shape index (κ3) is 8.22. The third-order valence-corrected chi connectivity index (χ3v) is 1.96. The summed E-state index contributed by atoms with van der Waals surface area (Å²) in [7, 11) is 1.72. The van der Waals surface area contributed by atoms with E-state index in [1.165, 1.54) is 0 Å². The fourth-order valence-electron chi connectivity index (χ4n) is 1.34. The predicted molar refractivity (Wildman–Crippen MR) is 54.8 cm³/mol. The van der Waals surface area contributed by atoms with Crippen molar-refractivity contribution < 1.29 is 9.84 Å². The number of aliphatic hydroxyl groups excluding tert-OH is 1. The fraction of sp³-hybridized carbons (Fsp3) is 1.00. The molecule has 3 heteroatoms. The molecule has 0 aromatic carbocycles. The molecule has 0 saturated carbocycles. The minimum Gasteiger partial charge on any atom is -0.393 e. The smallest absolute Gasteiger partial charge is 0.0526 e. The van der Waals surface area contributed by atoms with Gasteiger partial charge in [0.05, 0.1) is 6.10 Å². The predicted octanol–water partition coefficient (Wildman–Crippen LogP) is 1.02. The van der Waals surface area contributed by atoms with Gasteiger partial charge >= 0.3 is 0 Å². The molecule has 80 valence electrons. The van der Waals surface area contributed by atoms with Gasteiger partial charge in [0.1, 0.15) is 0 Å². The number of methoxy groups -OCH3 is 1. The number of nitrogens with one attached hydrogen (secondary N) is 1. The van der Waals surface area contributed by atoms with Crippen LogP contribution >= 0.6 is 0 Å². The van der Waals surface area contributed by atoms with E-state index in [-0.39, 0.29) is 6.10 Å². The number of hydrogen-bond donors (Lipinski definition) is 2. The average Bonchev–Trinajstić information content (AvgIpc) is 2.00. The normalized spacial score (nSPS) is 18.2. The average molecular weight is 189 g/mol. The Morgan fingerprint density at radius 2 is 1.92 bits per heavy atom. The van der Waals surface area contributed by atoms with Gasteiger partial charge in [0.2, 0.25) is 0 Å². The van der Waals surface area contributed by atoms with Crippen LogP contribution < -0.4 is 5.32 Å². The molecule has 0 heterocycles. The lowest BCUT2D eigenvalue weighted by Gasteiger charge is -2.18. The highest BCUT2D eigenvalue weighted by atomic mass is 16.5. The van der Waals surface area contributed by atoms with Crippen LogP contribution in [0.3, 0.4) is 0 Å². The lowest BCUT2D eigenvalue weighted by molar-refractivity contribution is 0.149. The van der Waals surface area contributed by atoms with Gasteiger partial charge in [0.15, 0.2) is 0 Å². The lowest BCUT2D eigenvalue weighted by Crippen LogP contribution is -2.33. The summed E-state index contributed by atoms with van der Waals surface area (Å²) in [5.41, 5.74) is 0. The molecule has 0 aromatic heterocycles. The molecule has 0 rings (SSSR count). The fourth-order valence-corrected chi connectivity index (χ4v) is 1.34. The van der Waals surface area contributed by atoms with Crippen molar-refractivity contribution in [2.45, 2.75) is 39.3 Å². The van der Waals surface area contributed by atoms with E-state index < -0.39 is 0 Å². The molecular weight excluding hydrogens is 166 g/mol.